The van der Waals surface area contributed by atoms with Gasteiger partial charge in [0.2, 0.25) is 11.8 Å². The molecule has 138 valence electrons. The average molecular weight is 368 g/mol. The zero-order valence-electron chi connectivity index (χ0n) is 16.3. The third kappa shape index (κ3) is 2.69. The highest BCUT2D eigenvalue weighted by Gasteiger charge is 2.14. The third-order valence-corrected chi connectivity index (χ3v) is 5.00. The predicted octanol–water partition coefficient (Wildman–Crippen LogP) is 6.54. The molecule has 0 aliphatic rings. The molecule has 3 aromatic carbocycles. The summed E-state index contributed by atoms with van der Waals surface area (Å²) < 4.78 is 12.1. The van der Waals surface area contributed by atoms with Crippen molar-refractivity contribution < 1.29 is 8.83 Å². The Labute approximate surface area is 162 Å². The third-order valence-electron chi connectivity index (χ3n) is 5.00. The van der Waals surface area contributed by atoms with Gasteiger partial charge in [-0.1, -0.05) is 18.2 Å². The summed E-state index contributed by atoms with van der Waals surface area (Å²) in [6.45, 7) is 8.23. The molecule has 5 aromatic rings. The molecule has 0 amide bonds. The van der Waals surface area contributed by atoms with Gasteiger partial charge in [-0.3, -0.25) is 0 Å². The summed E-state index contributed by atoms with van der Waals surface area (Å²) in [5.41, 5.74) is 9.77. The van der Waals surface area contributed by atoms with Crippen LogP contribution in [0, 0.1) is 27.7 Å². The highest BCUT2D eigenvalue weighted by molar-refractivity contribution is 5.82. The van der Waals surface area contributed by atoms with Crippen LogP contribution in [0.1, 0.15) is 22.3 Å². The van der Waals surface area contributed by atoms with Gasteiger partial charge in [-0.15, -0.1) is 0 Å². The molecule has 0 saturated heterocycles. The fourth-order valence-electron chi connectivity index (χ4n) is 3.79. The second-order valence-corrected chi connectivity index (χ2v) is 7.48. The lowest BCUT2D eigenvalue weighted by molar-refractivity contribution is 0.614. The van der Waals surface area contributed by atoms with Gasteiger partial charge in [0.15, 0.2) is 11.2 Å². The lowest BCUT2D eigenvalue weighted by Gasteiger charge is -1.99. The minimum atomic E-state index is 0.605. The second-order valence-electron chi connectivity index (χ2n) is 7.48. The highest BCUT2D eigenvalue weighted by atomic mass is 16.4. The zero-order chi connectivity index (χ0) is 19.4. The molecule has 0 atom stereocenters. The number of aryl methyl sites for hydroxylation is 4. The molecule has 5 rings (SSSR count). The normalized spacial score (nSPS) is 11.6. The number of benzene rings is 3. The Morgan fingerprint density at radius 2 is 1.07 bits per heavy atom. The molecule has 0 radical (unpaired) electrons. The summed E-state index contributed by atoms with van der Waals surface area (Å²) in [7, 11) is 0. The van der Waals surface area contributed by atoms with Crippen LogP contribution in [0.5, 0.6) is 0 Å². The van der Waals surface area contributed by atoms with Crippen molar-refractivity contribution in [2.24, 2.45) is 0 Å². The van der Waals surface area contributed by atoms with Gasteiger partial charge in [0.05, 0.1) is 0 Å². The number of hydrogen-bond donors (Lipinski definition) is 0. The molecule has 2 heterocycles. The predicted molar refractivity (Wildman–Crippen MR) is 111 cm³/mol. The van der Waals surface area contributed by atoms with E-state index < -0.39 is 0 Å². The van der Waals surface area contributed by atoms with Gasteiger partial charge in [0.25, 0.3) is 0 Å². The Balaban J connectivity index is 1.62. The minimum Gasteiger partial charge on any atom is -0.436 e. The van der Waals surface area contributed by atoms with Gasteiger partial charge in [-0.2, -0.15) is 0 Å². The van der Waals surface area contributed by atoms with Gasteiger partial charge in [0, 0.05) is 11.1 Å². The molecule has 28 heavy (non-hydrogen) atoms. The first-order chi connectivity index (χ1) is 13.5. The van der Waals surface area contributed by atoms with Crippen molar-refractivity contribution in [2.75, 3.05) is 0 Å². The number of oxazole rings is 2. The topological polar surface area (TPSA) is 52.1 Å². The van der Waals surface area contributed by atoms with Crippen molar-refractivity contribution in [3.8, 4) is 22.9 Å². The Morgan fingerprint density at radius 3 is 1.54 bits per heavy atom. The zero-order valence-corrected chi connectivity index (χ0v) is 16.3. The van der Waals surface area contributed by atoms with Crippen molar-refractivity contribution in [3.05, 3.63) is 70.8 Å². The maximum Gasteiger partial charge on any atom is 0.227 e. The van der Waals surface area contributed by atoms with Crippen LogP contribution in [0.4, 0.5) is 0 Å². The van der Waals surface area contributed by atoms with E-state index in [-0.39, 0.29) is 0 Å². The van der Waals surface area contributed by atoms with Gasteiger partial charge in [0.1, 0.15) is 11.0 Å². The second kappa shape index (κ2) is 6.06. The first-order valence-corrected chi connectivity index (χ1v) is 9.34. The van der Waals surface area contributed by atoms with E-state index in [9.17, 15) is 0 Å². The van der Waals surface area contributed by atoms with Crippen molar-refractivity contribution in [1.82, 2.24) is 9.97 Å². The summed E-state index contributed by atoms with van der Waals surface area (Å²) in [6.07, 6.45) is 0. The molecule has 4 heteroatoms. The quantitative estimate of drug-likeness (QED) is 0.355. The SMILES string of the molecule is Cc1cc(C)c2oc(-c3cccc(-c4nc5cc(C)cc(C)c5o4)c3)nc2c1. The summed E-state index contributed by atoms with van der Waals surface area (Å²) in [5.74, 6) is 1.21. The van der Waals surface area contributed by atoms with E-state index in [4.69, 9.17) is 18.8 Å². The Morgan fingerprint density at radius 1 is 0.607 bits per heavy atom. The maximum absolute atomic E-state index is 6.06. The van der Waals surface area contributed by atoms with Gasteiger partial charge in [-0.05, 0) is 80.3 Å². The summed E-state index contributed by atoms with van der Waals surface area (Å²) in [5, 5.41) is 0. The number of aromatic nitrogens is 2. The van der Waals surface area contributed by atoms with Crippen molar-refractivity contribution in [3.63, 3.8) is 0 Å². The molecule has 0 N–H and O–H groups in total. The molecule has 2 aromatic heterocycles. The molecule has 0 unspecified atom stereocenters. The number of hydrogen-bond acceptors (Lipinski definition) is 4. The monoisotopic (exact) mass is 368 g/mol. The number of nitrogens with zero attached hydrogens (tertiary/aromatic N) is 2. The lowest BCUT2D eigenvalue weighted by atomic mass is 10.1. The van der Waals surface area contributed by atoms with Crippen molar-refractivity contribution in [1.29, 1.82) is 0 Å². The molecule has 0 aliphatic carbocycles. The highest BCUT2D eigenvalue weighted by Crippen LogP contribution is 2.32. The standard InChI is InChI=1S/C24H20N2O2/c1-13-8-15(3)21-19(10-13)25-23(27-21)17-6-5-7-18(12-17)24-26-20-11-14(2)9-16(4)22(20)28-24/h5-12H,1-4H3. The Hall–Kier alpha value is -3.40. The van der Waals surface area contributed by atoms with Crippen molar-refractivity contribution in [2.45, 2.75) is 27.7 Å². The fraction of sp³-hybridized carbons (Fsp3) is 0.167. The lowest BCUT2D eigenvalue weighted by Crippen LogP contribution is -1.81. The van der Waals surface area contributed by atoms with Crippen LogP contribution in [0.25, 0.3) is 45.1 Å². The number of rotatable bonds is 2. The van der Waals surface area contributed by atoms with Crippen LogP contribution in [0.3, 0.4) is 0 Å². The van der Waals surface area contributed by atoms with Crippen LogP contribution in [-0.4, -0.2) is 9.97 Å². The Kier molecular flexibility index (Phi) is 3.63. The number of fused-ring (bicyclic) bond motifs is 2. The van der Waals surface area contributed by atoms with E-state index in [0.717, 1.165) is 44.5 Å². The first-order valence-electron chi connectivity index (χ1n) is 9.34. The van der Waals surface area contributed by atoms with Crippen molar-refractivity contribution >= 4 is 22.2 Å². The van der Waals surface area contributed by atoms with Gasteiger partial charge < -0.3 is 8.83 Å². The van der Waals surface area contributed by atoms with E-state index in [2.05, 4.69) is 26.0 Å². The largest absolute Gasteiger partial charge is 0.436 e. The van der Waals surface area contributed by atoms with Gasteiger partial charge >= 0.3 is 0 Å². The maximum atomic E-state index is 6.06. The minimum absolute atomic E-state index is 0.605. The fourth-order valence-corrected chi connectivity index (χ4v) is 3.79. The van der Waals surface area contributed by atoms with E-state index in [1.165, 1.54) is 11.1 Å². The van der Waals surface area contributed by atoms with Crippen LogP contribution in [0.15, 0.2) is 57.4 Å². The molecule has 0 spiro atoms. The molecule has 0 saturated carbocycles. The van der Waals surface area contributed by atoms with Crippen LogP contribution >= 0.6 is 0 Å². The summed E-state index contributed by atoms with van der Waals surface area (Å²) >= 11 is 0. The van der Waals surface area contributed by atoms with E-state index in [1.54, 1.807) is 0 Å². The molecular formula is C24H20N2O2. The molecule has 0 bridgehead atoms. The van der Waals surface area contributed by atoms with E-state index >= 15 is 0 Å². The molecular weight excluding hydrogens is 348 g/mol. The Bertz CT molecular complexity index is 1260. The molecule has 4 nitrogen and oxygen atoms in total. The van der Waals surface area contributed by atoms with Gasteiger partial charge in [-0.25, -0.2) is 9.97 Å². The van der Waals surface area contributed by atoms with Crippen LogP contribution in [-0.2, 0) is 0 Å². The van der Waals surface area contributed by atoms with E-state index in [1.807, 2.05) is 50.2 Å². The molecule has 0 fully saturated rings. The molecule has 0 aliphatic heterocycles. The first kappa shape index (κ1) is 16.8. The average Bonchev–Trinajstić information content (AvgIpc) is 3.26. The van der Waals surface area contributed by atoms with Crippen LogP contribution < -0.4 is 0 Å². The van der Waals surface area contributed by atoms with E-state index in [0.29, 0.717) is 11.8 Å². The summed E-state index contributed by atoms with van der Waals surface area (Å²) in [4.78, 5) is 9.38. The smallest absolute Gasteiger partial charge is 0.227 e. The summed E-state index contributed by atoms with van der Waals surface area (Å²) in [6, 6.07) is 16.3. The van der Waals surface area contributed by atoms with Crippen LogP contribution in [0.2, 0.25) is 0 Å².